The van der Waals surface area contributed by atoms with Gasteiger partial charge in [0.05, 0.1) is 15.1 Å². The van der Waals surface area contributed by atoms with Gasteiger partial charge in [0.1, 0.15) is 0 Å². The lowest BCUT2D eigenvalue weighted by atomic mass is 10.1. The Bertz CT molecular complexity index is 1330. The van der Waals surface area contributed by atoms with E-state index in [0.29, 0.717) is 23.8 Å². The highest BCUT2D eigenvalue weighted by atomic mass is 35.5. The van der Waals surface area contributed by atoms with Gasteiger partial charge < -0.3 is 4.90 Å². The Labute approximate surface area is 241 Å². The summed E-state index contributed by atoms with van der Waals surface area (Å²) in [7, 11) is -3.59. The van der Waals surface area contributed by atoms with Crippen LogP contribution in [0.15, 0.2) is 52.3 Å². The number of sulfonamides is 1. The zero-order valence-electron chi connectivity index (χ0n) is 22.4. The number of carbonyl (C=O) groups excluding carboxylic acids is 1. The molecule has 208 valence electrons. The Morgan fingerprint density at radius 2 is 1.82 bits per heavy atom. The Morgan fingerprint density at radius 1 is 1.11 bits per heavy atom. The number of likely N-dealkylation sites (N-methyl/N-ethyl adjacent to an activating group) is 1. The molecule has 0 spiro atoms. The minimum atomic E-state index is -3.59. The number of amides is 1. The molecule has 3 aromatic rings. The molecule has 1 aliphatic heterocycles. The number of halogens is 1. The average molecular weight is 597 g/mol. The maximum absolute atomic E-state index is 13.8. The van der Waals surface area contributed by atoms with Crippen LogP contribution in [-0.2, 0) is 10.0 Å². The second-order valence-corrected chi connectivity index (χ2v) is 13.0. The summed E-state index contributed by atoms with van der Waals surface area (Å²) in [6.07, 6.45) is 4.82. The van der Waals surface area contributed by atoms with Gasteiger partial charge in [0, 0.05) is 36.1 Å². The molecular weight excluding hydrogens is 560 g/mol. The van der Waals surface area contributed by atoms with E-state index in [0.717, 1.165) is 54.0 Å². The SMILES string of the molecule is CCN(CC)CCN(C(=O)c1ccc(S(=O)(=O)N2CCCCC2C)cc1)c1nc2c(SC)cccc2s1.Cl. The number of aromatic nitrogens is 1. The number of fused-ring (bicyclic) bond motifs is 1. The summed E-state index contributed by atoms with van der Waals surface area (Å²) in [6, 6.07) is 12.5. The summed E-state index contributed by atoms with van der Waals surface area (Å²) < 4.78 is 29.1. The molecule has 1 amide bonds. The molecule has 2 aromatic carbocycles. The number of piperidine rings is 1. The first-order valence-corrected chi connectivity index (χ1v) is 16.4. The summed E-state index contributed by atoms with van der Waals surface area (Å²) in [5.74, 6) is -0.174. The Balaban J connectivity index is 0.00000400. The maximum Gasteiger partial charge on any atom is 0.260 e. The monoisotopic (exact) mass is 596 g/mol. The lowest BCUT2D eigenvalue weighted by molar-refractivity contribution is 0.0983. The summed E-state index contributed by atoms with van der Waals surface area (Å²) in [6.45, 7) is 9.75. The average Bonchev–Trinajstić information content (AvgIpc) is 3.35. The third kappa shape index (κ3) is 6.54. The minimum absolute atomic E-state index is 0. The zero-order chi connectivity index (χ0) is 26.6. The molecule has 11 heteroatoms. The predicted octanol–water partition coefficient (Wildman–Crippen LogP) is 5.99. The predicted molar refractivity (Wildman–Crippen MR) is 162 cm³/mol. The lowest BCUT2D eigenvalue weighted by Crippen LogP contribution is -2.42. The van der Waals surface area contributed by atoms with E-state index in [2.05, 4.69) is 18.7 Å². The number of para-hydroxylation sites is 1. The van der Waals surface area contributed by atoms with Crippen molar-refractivity contribution in [2.24, 2.45) is 0 Å². The first-order valence-electron chi connectivity index (χ1n) is 12.9. The molecule has 1 aromatic heterocycles. The highest BCUT2D eigenvalue weighted by molar-refractivity contribution is 7.98. The van der Waals surface area contributed by atoms with Gasteiger partial charge in [-0.1, -0.05) is 37.7 Å². The molecule has 1 saturated heterocycles. The van der Waals surface area contributed by atoms with Crippen LogP contribution in [0.4, 0.5) is 5.13 Å². The molecule has 2 heterocycles. The van der Waals surface area contributed by atoms with E-state index in [1.165, 1.54) is 11.3 Å². The largest absolute Gasteiger partial charge is 0.302 e. The quantitative estimate of drug-likeness (QED) is 0.268. The van der Waals surface area contributed by atoms with E-state index in [4.69, 9.17) is 4.98 Å². The fraction of sp³-hybridized carbons (Fsp3) is 0.481. The molecule has 7 nitrogen and oxygen atoms in total. The molecule has 0 bridgehead atoms. The van der Waals surface area contributed by atoms with Gasteiger partial charge in [0.2, 0.25) is 10.0 Å². The van der Waals surface area contributed by atoms with Crippen molar-refractivity contribution in [2.75, 3.05) is 43.9 Å². The second kappa shape index (κ2) is 13.6. The van der Waals surface area contributed by atoms with Crippen LogP contribution in [0, 0.1) is 0 Å². The minimum Gasteiger partial charge on any atom is -0.302 e. The molecule has 0 aliphatic carbocycles. The molecular formula is C27H37ClN4O3S3. The Hall–Kier alpha value is -1.69. The van der Waals surface area contributed by atoms with Crippen LogP contribution >= 0.6 is 35.5 Å². The molecule has 0 saturated carbocycles. The smallest absolute Gasteiger partial charge is 0.260 e. The summed E-state index contributed by atoms with van der Waals surface area (Å²) in [4.78, 5) is 24.0. The van der Waals surface area contributed by atoms with Crippen LogP contribution in [0.25, 0.3) is 10.2 Å². The highest BCUT2D eigenvalue weighted by Gasteiger charge is 2.31. The third-order valence-corrected chi connectivity index (χ3v) is 10.9. The van der Waals surface area contributed by atoms with Gasteiger partial charge in [-0.15, -0.1) is 24.2 Å². The molecule has 1 fully saturated rings. The summed E-state index contributed by atoms with van der Waals surface area (Å²) in [5, 5.41) is 0.660. The van der Waals surface area contributed by atoms with Gasteiger partial charge in [-0.25, -0.2) is 13.4 Å². The summed E-state index contributed by atoms with van der Waals surface area (Å²) in [5.41, 5.74) is 1.36. The first kappa shape index (κ1) is 30.8. The number of anilines is 1. The number of thioether (sulfide) groups is 1. The van der Waals surface area contributed by atoms with Crippen molar-refractivity contribution in [3.05, 3.63) is 48.0 Å². The van der Waals surface area contributed by atoms with Gasteiger partial charge in [-0.05, 0) is 75.5 Å². The van der Waals surface area contributed by atoms with E-state index in [1.807, 2.05) is 31.4 Å². The van der Waals surface area contributed by atoms with E-state index >= 15 is 0 Å². The molecule has 4 rings (SSSR count). The molecule has 0 N–H and O–H groups in total. The number of hydrogen-bond donors (Lipinski definition) is 0. The second-order valence-electron chi connectivity index (χ2n) is 9.27. The zero-order valence-corrected chi connectivity index (χ0v) is 25.7. The normalized spacial score (nSPS) is 16.5. The van der Waals surface area contributed by atoms with Crippen molar-refractivity contribution in [1.29, 1.82) is 0 Å². The Morgan fingerprint density at radius 3 is 2.45 bits per heavy atom. The highest BCUT2D eigenvalue weighted by Crippen LogP contribution is 2.35. The van der Waals surface area contributed by atoms with E-state index in [1.54, 1.807) is 45.2 Å². The van der Waals surface area contributed by atoms with Crippen LogP contribution < -0.4 is 4.90 Å². The van der Waals surface area contributed by atoms with Crippen molar-refractivity contribution >= 4 is 66.8 Å². The first-order chi connectivity index (χ1) is 17.8. The van der Waals surface area contributed by atoms with Crippen molar-refractivity contribution in [3.8, 4) is 0 Å². The van der Waals surface area contributed by atoms with Gasteiger partial charge in [0.25, 0.3) is 5.91 Å². The van der Waals surface area contributed by atoms with Gasteiger partial charge in [-0.2, -0.15) is 4.31 Å². The number of thiazole rings is 1. The fourth-order valence-electron chi connectivity index (χ4n) is 4.75. The van der Waals surface area contributed by atoms with Gasteiger partial charge in [0.15, 0.2) is 5.13 Å². The van der Waals surface area contributed by atoms with Crippen molar-refractivity contribution in [2.45, 2.75) is 55.9 Å². The van der Waals surface area contributed by atoms with Crippen LogP contribution in [0.2, 0.25) is 0 Å². The molecule has 1 atom stereocenters. The fourth-order valence-corrected chi connectivity index (χ4v) is 8.09. The van der Waals surface area contributed by atoms with E-state index in [9.17, 15) is 13.2 Å². The summed E-state index contributed by atoms with van der Waals surface area (Å²) >= 11 is 3.15. The molecule has 1 aliphatic rings. The maximum atomic E-state index is 13.8. The van der Waals surface area contributed by atoms with Crippen molar-refractivity contribution in [1.82, 2.24) is 14.2 Å². The van der Waals surface area contributed by atoms with Crippen molar-refractivity contribution < 1.29 is 13.2 Å². The number of nitrogens with zero attached hydrogens (tertiary/aromatic N) is 4. The van der Waals surface area contributed by atoms with Crippen LogP contribution in [0.3, 0.4) is 0 Å². The van der Waals surface area contributed by atoms with E-state index < -0.39 is 10.0 Å². The number of benzene rings is 2. The lowest BCUT2D eigenvalue weighted by Gasteiger charge is -2.32. The van der Waals surface area contributed by atoms with Crippen LogP contribution in [0.1, 0.15) is 50.4 Å². The number of hydrogen-bond acceptors (Lipinski definition) is 7. The molecule has 0 radical (unpaired) electrons. The Kier molecular flexibility index (Phi) is 11.0. The third-order valence-electron chi connectivity index (χ3n) is 7.05. The number of rotatable bonds is 10. The van der Waals surface area contributed by atoms with Gasteiger partial charge in [-0.3, -0.25) is 9.69 Å². The van der Waals surface area contributed by atoms with E-state index in [-0.39, 0.29) is 29.3 Å². The molecule has 38 heavy (non-hydrogen) atoms. The van der Waals surface area contributed by atoms with Crippen LogP contribution in [0.5, 0.6) is 0 Å². The number of carbonyl (C=O) groups is 1. The standard InChI is InChI=1S/C27H36N4O3S3.ClH/c1-5-29(6-2)18-19-30(27-28-25-23(35-4)11-9-12-24(25)36-27)26(32)21-13-15-22(16-14-21)37(33,34)31-17-8-7-10-20(31)3;/h9,11-16,20H,5-8,10,17-19H2,1-4H3;1H. The van der Waals surface area contributed by atoms with Crippen molar-refractivity contribution in [3.63, 3.8) is 0 Å². The topological polar surface area (TPSA) is 73.8 Å². The van der Waals surface area contributed by atoms with Crippen LogP contribution in [-0.4, -0.2) is 73.5 Å². The van der Waals surface area contributed by atoms with Gasteiger partial charge >= 0.3 is 0 Å². The molecule has 1 unspecified atom stereocenters.